The average Bonchev–Trinajstić information content (AvgIpc) is 2.25. The topological polar surface area (TPSA) is 27.7 Å². The second-order valence-corrected chi connectivity index (χ2v) is 3.54. The van der Waals surface area contributed by atoms with Gasteiger partial charge in [-0.2, -0.15) is 0 Å². The predicted molar refractivity (Wildman–Crippen MR) is 62.0 cm³/mol. The van der Waals surface area contributed by atoms with Crippen molar-refractivity contribution in [2.45, 2.75) is 52.7 Å². The van der Waals surface area contributed by atoms with Gasteiger partial charge in [0.1, 0.15) is 0 Å². The van der Waals surface area contributed by atoms with E-state index in [1.54, 1.807) is 0 Å². The van der Waals surface area contributed by atoms with Crippen LogP contribution in [0, 0.1) is 0 Å². The molecule has 0 aliphatic heterocycles. The number of unbranched alkanes of at least 4 members (excludes halogenated alkanes) is 2. The molecule has 0 aromatic carbocycles. The van der Waals surface area contributed by atoms with Crippen LogP contribution in [0.3, 0.4) is 0 Å². The molecule has 0 unspecified atom stereocenters. The third-order valence-corrected chi connectivity index (χ3v) is 2.06. The minimum absolute atomic E-state index is 0.178. The summed E-state index contributed by atoms with van der Waals surface area (Å²) in [7, 11) is 0. The standard InChI is InChI=1S/C12H26O3/c1-4-7-9-14-12(11-13-6-3)15-10-8-5-2/h12H,4-11H2,1-3H3. The van der Waals surface area contributed by atoms with Crippen LogP contribution in [-0.4, -0.2) is 32.7 Å². The van der Waals surface area contributed by atoms with Crippen molar-refractivity contribution in [1.29, 1.82) is 0 Å². The molecule has 0 fully saturated rings. The summed E-state index contributed by atoms with van der Waals surface area (Å²) in [5, 5.41) is 0. The van der Waals surface area contributed by atoms with Gasteiger partial charge in [0.25, 0.3) is 0 Å². The first-order valence-electron chi connectivity index (χ1n) is 6.16. The molecule has 15 heavy (non-hydrogen) atoms. The molecule has 0 amide bonds. The molecule has 0 bridgehead atoms. The van der Waals surface area contributed by atoms with Crippen LogP contribution >= 0.6 is 0 Å². The van der Waals surface area contributed by atoms with Gasteiger partial charge < -0.3 is 14.2 Å². The predicted octanol–water partition coefficient (Wildman–Crippen LogP) is 2.98. The second kappa shape index (κ2) is 12.0. The Morgan fingerprint density at radius 2 is 1.40 bits per heavy atom. The number of rotatable bonds is 11. The smallest absolute Gasteiger partial charge is 0.180 e. The zero-order valence-electron chi connectivity index (χ0n) is 10.5. The van der Waals surface area contributed by atoms with Gasteiger partial charge in [-0.1, -0.05) is 26.7 Å². The van der Waals surface area contributed by atoms with Gasteiger partial charge in [-0.15, -0.1) is 0 Å². The maximum atomic E-state index is 5.58. The molecule has 0 aliphatic rings. The molecular weight excluding hydrogens is 192 g/mol. The first-order chi connectivity index (χ1) is 7.35. The molecule has 0 radical (unpaired) electrons. The Morgan fingerprint density at radius 1 is 0.867 bits per heavy atom. The highest BCUT2D eigenvalue weighted by Gasteiger charge is 2.08. The lowest BCUT2D eigenvalue weighted by atomic mass is 10.3. The van der Waals surface area contributed by atoms with Crippen molar-refractivity contribution in [3.63, 3.8) is 0 Å². The summed E-state index contributed by atoms with van der Waals surface area (Å²) in [4.78, 5) is 0. The Labute approximate surface area is 94.1 Å². The lowest BCUT2D eigenvalue weighted by Gasteiger charge is -2.18. The number of hydrogen-bond donors (Lipinski definition) is 0. The van der Waals surface area contributed by atoms with Crippen molar-refractivity contribution in [1.82, 2.24) is 0 Å². The van der Waals surface area contributed by atoms with E-state index in [0.29, 0.717) is 13.2 Å². The monoisotopic (exact) mass is 218 g/mol. The van der Waals surface area contributed by atoms with Gasteiger partial charge in [0.05, 0.1) is 6.61 Å². The van der Waals surface area contributed by atoms with Crippen LogP contribution in [0.2, 0.25) is 0 Å². The molecule has 0 saturated carbocycles. The normalized spacial score (nSPS) is 11.2. The molecule has 0 heterocycles. The van der Waals surface area contributed by atoms with Crippen molar-refractivity contribution in [3.05, 3.63) is 0 Å². The SMILES string of the molecule is CCCCOC(COCC)OCCCC. The fraction of sp³-hybridized carbons (Fsp3) is 1.00. The van der Waals surface area contributed by atoms with E-state index in [1.807, 2.05) is 6.92 Å². The minimum atomic E-state index is -0.178. The first kappa shape index (κ1) is 14.9. The summed E-state index contributed by atoms with van der Waals surface area (Å²) < 4.78 is 16.5. The van der Waals surface area contributed by atoms with Crippen LogP contribution in [-0.2, 0) is 14.2 Å². The van der Waals surface area contributed by atoms with Gasteiger partial charge in [-0.25, -0.2) is 0 Å². The Kier molecular flexibility index (Phi) is 11.9. The molecular formula is C12H26O3. The van der Waals surface area contributed by atoms with Crippen LogP contribution < -0.4 is 0 Å². The van der Waals surface area contributed by atoms with Crippen molar-refractivity contribution >= 4 is 0 Å². The van der Waals surface area contributed by atoms with E-state index in [9.17, 15) is 0 Å². The molecule has 0 aliphatic carbocycles. The molecule has 0 saturated heterocycles. The van der Waals surface area contributed by atoms with Gasteiger partial charge in [0.15, 0.2) is 6.29 Å². The van der Waals surface area contributed by atoms with Crippen molar-refractivity contribution in [2.75, 3.05) is 26.4 Å². The Hall–Kier alpha value is -0.120. The van der Waals surface area contributed by atoms with E-state index < -0.39 is 0 Å². The maximum Gasteiger partial charge on any atom is 0.180 e. The number of ether oxygens (including phenoxy) is 3. The molecule has 3 heteroatoms. The molecule has 0 aromatic rings. The zero-order chi connectivity index (χ0) is 11.4. The highest BCUT2D eigenvalue weighted by molar-refractivity contribution is 4.44. The number of hydrogen-bond acceptors (Lipinski definition) is 3. The van der Waals surface area contributed by atoms with Gasteiger partial charge >= 0.3 is 0 Å². The van der Waals surface area contributed by atoms with E-state index in [-0.39, 0.29) is 6.29 Å². The molecule has 3 nitrogen and oxygen atoms in total. The Balaban J connectivity index is 3.53. The van der Waals surface area contributed by atoms with Crippen LogP contribution in [0.15, 0.2) is 0 Å². The highest BCUT2D eigenvalue weighted by Crippen LogP contribution is 2.01. The van der Waals surface area contributed by atoms with Crippen LogP contribution in [0.25, 0.3) is 0 Å². The minimum Gasteiger partial charge on any atom is -0.376 e. The van der Waals surface area contributed by atoms with Crippen LogP contribution in [0.5, 0.6) is 0 Å². The maximum absolute atomic E-state index is 5.58. The third-order valence-electron chi connectivity index (χ3n) is 2.06. The Morgan fingerprint density at radius 3 is 1.80 bits per heavy atom. The second-order valence-electron chi connectivity index (χ2n) is 3.54. The van der Waals surface area contributed by atoms with E-state index >= 15 is 0 Å². The van der Waals surface area contributed by atoms with Crippen molar-refractivity contribution in [2.24, 2.45) is 0 Å². The van der Waals surface area contributed by atoms with E-state index in [2.05, 4.69) is 13.8 Å². The van der Waals surface area contributed by atoms with Crippen LogP contribution in [0.4, 0.5) is 0 Å². The highest BCUT2D eigenvalue weighted by atomic mass is 16.7. The Bertz CT molecular complexity index is 107. The average molecular weight is 218 g/mol. The van der Waals surface area contributed by atoms with E-state index in [0.717, 1.165) is 38.9 Å². The van der Waals surface area contributed by atoms with Crippen molar-refractivity contribution < 1.29 is 14.2 Å². The summed E-state index contributed by atoms with van der Waals surface area (Å²) in [5.74, 6) is 0. The summed E-state index contributed by atoms with van der Waals surface area (Å²) in [5.41, 5.74) is 0. The van der Waals surface area contributed by atoms with Crippen LogP contribution in [0.1, 0.15) is 46.5 Å². The fourth-order valence-corrected chi connectivity index (χ4v) is 1.08. The molecule has 0 rings (SSSR count). The molecule has 0 aromatic heterocycles. The molecule has 92 valence electrons. The first-order valence-corrected chi connectivity index (χ1v) is 6.16. The van der Waals surface area contributed by atoms with Gasteiger partial charge in [-0.3, -0.25) is 0 Å². The summed E-state index contributed by atoms with van der Waals surface area (Å²) >= 11 is 0. The van der Waals surface area contributed by atoms with Gasteiger partial charge in [0.2, 0.25) is 0 Å². The molecule has 0 spiro atoms. The van der Waals surface area contributed by atoms with Gasteiger partial charge in [-0.05, 0) is 19.8 Å². The molecule has 0 atom stereocenters. The summed E-state index contributed by atoms with van der Waals surface area (Å²) in [6, 6.07) is 0. The quantitative estimate of drug-likeness (QED) is 0.394. The van der Waals surface area contributed by atoms with E-state index in [1.165, 1.54) is 0 Å². The van der Waals surface area contributed by atoms with Crippen molar-refractivity contribution in [3.8, 4) is 0 Å². The summed E-state index contributed by atoms with van der Waals surface area (Å²) in [6.07, 6.45) is 4.29. The largest absolute Gasteiger partial charge is 0.376 e. The summed E-state index contributed by atoms with van der Waals surface area (Å²) in [6.45, 7) is 9.07. The lowest BCUT2D eigenvalue weighted by Crippen LogP contribution is -2.24. The zero-order valence-corrected chi connectivity index (χ0v) is 10.5. The molecule has 0 N–H and O–H groups in total. The van der Waals surface area contributed by atoms with Gasteiger partial charge in [0, 0.05) is 19.8 Å². The lowest BCUT2D eigenvalue weighted by molar-refractivity contribution is -0.172. The third kappa shape index (κ3) is 10.2. The van der Waals surface area contributed by atoms with E-state index in [4.69, 9.17) is 14.2 Å². The fourth-order valence-electron chi connectivity index (χ4n) is 1.08.